The van der Waals surface area contributed by atoms with Crippen LogP contribution >= 0.6 is 0 Å². The summed E-state index contributed by atoms with van der Waals surface area (Å²) in [4.78, 5) is 65.2. The van der Waals surface area contributed by atoms with E-state index >= 15 is 0 Å². The predicted octanol–water partition coefficient (Wildman–Crippen LogP) is -0.679. The van der Waals surface area contributed by atoms with Gasteiger partial charge in [0.1, 0.15) is 24.2 Å². The molecule has 1 unspecified atom stereocenters. The van der Waals surface area contributed by atoms with Crippen LogP contribution in [-0.4, -0.2) is 110 Å². The molecule has 0 radical (unpaired) electrons. The average Bonchev–Trinajstić information content (AvgIpc) is 3.51. The first-order valence-corrected chi connectivity index (χ1v) is 15.9. The number of amides is 5. The number of aliphatic hydroxyl groups excluding tert-OH is 1. The van der Waals surface area contributed by atoms with Gasteiger partial charge in [-0.1, -0.05) is 44.2 Å². The van der Waals surface area contributed by atoms with E-state index in [1.54, 1.807) is 0 Å². The second kappa shape index (κ2) is 18.4. The summed E-state index contributed by atoms with van der Waals surface area (Å²) in [6.07, 6.45) is 3.58. The maximum Gasteiger partial charge on any atom is 0.245 e. The van der Waals surface area contributed by atoms with E-state index in [1.807, 2.05) is 44.2 Å². The van der Waals surface area contributed by atoms with Crippen molar-refractivity contribution in [3.8, 4) is 0 Å². The molecule has 1 saturated heterocycles. The Hall–Kier alpha value is -3.55. The van der Waals surface area contributed by atoms with Gasteiger partial charge in [-0.05, 0) is 56.6 Å². The van der Waals surface area contributed by atoms with Gasteiger partial charge in [-0.25, -0.2) is 0 Å². The second-order valence-corrected chi connectivity index (χ2v) is 13.3. The average molecular weight is 633 g/mol. The SMILES string of the molecule is CC(C)C[C@H](NC(=O)[C@H](Cc1ccccc1)NC(=O)[C@H](CCCC[N+](C)(C)C)NC(=O)[C@H](CO)NC(=O)C1CCCN1)C(N)=O. The number of nitrogens with zero attached hydrogens (tertiary/aromatic N) is 1. The molecule has 0 spiro atoms. The first kappa shape index (κ1) is 37.6. The summed E-state index contributed by atoms with van der Waals surface area (Å²) in [6.45, 7) is 4.70. The molecule has 13 heteroatoms. The summed E-state index contributed by atoms with van der Waals surface area (Å²) in [5, 5.41) is 23.7. The van der Waals surface area contributed by atoms with Crippen molar-refractivity contribution in [3.05, 3.63) is 35.9 Å². The predicted molar refractivity (Wildman–Crippen MR) is 171 cm³/mol. The Bertz CT molecular complexity index is 1120. The van der Waals surface area contributed by atoms with Crippen LogP contribution in [0.3, 0.4) is 0 Å². The van der Waals surface area contributed by atoms with E-state index in [1.165, 1.54) is 0 Å². The summed E-state index contributed by atoms with van der Waals surface area (Å²) < 4.78 is 0.730. The van der Waals surface area contributed by atoms with Gasteiger partial charge in [0.2, 0.25) is 29.5 Å². The highest BCUT2D eigenvalue weighted by Crippen LogP contribution is 2.10. The van der Waals surface area contributed by atoms with E-state index in [4.69, 9.17) is 5.73 Å². The van der Waals surface area contributed by atoms with E-state index in [2.05, 4.69) is 47.7 Å². The first-order chi connectivity index (χ1) is 21.2. The van der Waals surface area contributed by atoms with E-state index in [9.17, 15) is 29.1 Å². The van der Waals surface area contributed by atoms with Gasteiger partial charge in [0.25, 0.3) is 0 Å². The molecule has 1 aromatic rings. The molecule has 1 fully saturated rings. The van der Waals surface area contributed by atoms with Crippen molar-refractivity contribution in [1.29, 1.82) is 0 Å². The first-order valence-electron chi connectivity index (χ1n) is 15.9. The van der Waals surface area contributed by atoms with Crippen molar-refractivity contribution < 1.29 is 33.6 Å². The standard InChI is InChI=1S/C32H53N7O6/c1-21(2)18-25(28(33)41)36-31(44)26(19-22-12-7-6-8-13-22)37-30(43)24(14-9-10-17-39(3,4)5)35-32(45)27(20-40)38-29(42)23-15-11-16-34-23/h6-8,12-13,21,23-27,34,40H,9-11,14-20H2,1-5H3,(H5-,33,35,36,37,38,41,42,43,44,45)/p+1/t23?,24-,25-,26-,27-/m0/s1. The lowest BCUT2D eigenvalue weighted by Gasteiger charge is -2.27. The number of hydrogen-bond acceptors (Lipinski definition) is 7. The lowest BCUT2D eigenvalue weighted by Crippen LogP contribution is -2.59. The molecule has 0 aliphatic carbocycles. The smallest absolute Gasteiger partial charge is 0.245 e. The molecule has 0 saturated carbocycles. The van der Waals surface area contributed by atoms with Crippen molar-refractivity contribution in [2.24, 2.45) is 11.7 Å². The minimum Gasteiger partial charge on any atom is -0.394 e. The molecule has 13 nitrogen and oxygen atoms in total. The topological polar surface area (TPSA) is 192 Å². The number of unbranched alkanes of at least 4 members (excludes halogenated alkanes) is 1. The molecule has 5 amide bonds. The Labute approximate surface area is 267 Å². The summed E-state index contributed by atoms with van der Waals surface area (Å²) in [5.41, 5.74) is 6.34. The van der Waals surface area contributed by atoms with Crippen molar-refractivity contribution >= 4 is 29.5 Å². The third-order valence-electron chi connectivity index (χ3n) is 7.68. The van der Waals surface area contributed by atoms with Crippen LogP contribution in [0.5, 0.6) is 0 Å². The van der Waals surface area contributed by atoms with Crippen molar-refractivity contribution in [1.82, 2.24) is 26.6 Å². The Morgan fingerprint density at radius 2 is 1.49 bits per heavy atom. The Morgan fingerprint density at radius 3 is 2.04 bits per heavy atom. The number of carbonyl (C=O) groups is 5. The van der Waals surface area contributed by atoms with Gasteiger partial charge in [0.05, 0.1) is 40.3 Å². The molecule has 0 bridgehead atoms. The minimum atomic E-state index is -1.25. The fourth-order valence-corrected chi connectivity index (χ4v) is 5.17. The Kier molecular flexibility index (Phi) is 15.4. The quantitative estimate of drug-likeness (QED) is 0.0776. The van der Waals surface area contributed by atoms with Gasteiger partial charge >= 0.3 is 0 Å². The second-order valence-electron chi connectivity index (χ2n) is 13.3. The Balaban J connectivity index is 2.25. The van der Waals surface area contributed by atoms with Gasteiger partial charge in [0, 0.05) is 6.42 Å². The van der Waals surface area contributed by atoms with Gasteiger partial charge < -0.3 is 41.9 Å². The summed E-state index contributed by atoms with van der Waals surface area (Å²) in [6, 6.07) is 4.39. The summed E-state index contributed by atoms with van der Waals surface area (Å²) in [7, 11) is 6.18. The lowest BCUT2D eigenvalue weighted by molar-refractivity contribution is -0.870. The van der Waals surface area contributed by atoms with E-state index in [0.717, 1.165) is 29.4 Å². The molecule has 2 rings (SSSR count). The molecule has 0 aromatic heterocycles. The zero-order valence-electron chi connectivity index (χ0n) is 27.4. The van der Waals surface area contributed by atoms with Crippen LogP contribution in [0.4, 0.5) is 0 Å². The number of nitrogens with two attached hydrogens (primary N) is 1. The fraction of sp³-hybridized carbons (Fsp3) is 0.656. The Morgan fingerprint density at radius 1 is 0.889 bits per heavy atom. The van der Waals surface area contributed by atoms with Gasteiger partial charge in [-0.2, -0.15) is 0 Å². The van der Waals surface area contributed by atoms with Gasteiger partial charge in [-0.3, -0.25) is 24.0 Å². The lowest BCUT2D eigenvalue weighted by atomic mass is 10.0. The van der Waals surface area contributed by atoms with Crippen LogP contribution in [-0.2, 0) is 30.4 Å². The third kappa shape index (κ3) is 14.0. The van der Waals surface area contributed by atoms with Crippen LogP contribution in [0.15, 0.2) is 30.3 Å². The van der Waals surface area contributed by atoms with Gasteiger partial charge in [-0.15, -0.1) is 0 Å². The normalized spacial score (nSPS) is 17.5. The highest BCUT2D eigenvalue weighted by Gasteiger charge is 2.32. The van der Waals surface area contributed by atoms with Crippen molar-refractivity contribution in [2.75, 3.05) is 40.8 Å². The van der Waals surface area contributed by atoms with E-state index in [-0.39, 0.29) is 18.8 Å². The van der Waals surface area contributed by atoms with Crippen LogP contribution in [0.2, 0.25) is 0 Å². The van der Waals surface area contributed by atoms with Crippen LogP contribution in [0.1, 0.15) is 57.9 Å². The zero-order valence-corrected chi connectivity index (χ0v) is 27.4. The molecule has 1 aliphatic rings. The van der Waals surface area contributed by atoms with Crippen molar-refractivity contribution in [2.45, 2.75) is 89.0 Å². The highest BCUT2D eigenvalue weighted by molar-refractivity contribution is 5.96. The highest BCUT2D eigenvalue weighted by atomic mass is 16.3. The van der Waals surface area contributed by atoms with Crippen LogP contribution < -0.4 is 32.3 Å². The summed E-state index contributed by atoms with van der Waals surface area (Å²) >= 11 is 0. The maximum atomic E-state index is 13.8. The van der Waals surface area contributed by atoms with E-state index < -0.39 is 66.4 Å². The minimum absolute atomic E-state index is 0.0840. The number of nitrogens with one attached hydrogen (secondary N) is 5. The molecule has 45 heavy (non-hydrogen) atoms. The van der Waals surface area contributed by atoms with Crippen LogP contribution in [0, 0.1) is 5.92 Å². The van der Waals surface area contributed by atoms with Crippen molar-refractivity contribution in [3.63, 3.8) is 0 Å². The number of benzene rings is 1. The zero-order chi connectivity index (χ0) is 33.6. The molecule has 5 atom stereocenters. The number of carbonyl (C=O) groups excluding carboxylic acids is 5. The summed E-state index contributed by atoms with van der Waals surface area (Å²) in [5.74, 6) is -2.85. The molecule has 1 heterocycles. The number of hydrogen-bond donors (Lipinski definition) is 7. The van der Waals surface area contributed by atoms with Gasteiger partial charge in [0.15, 0.2) is 0 Å². The maximum absolute atomic E-state index is 13.8. The number of aliphatic hydroxyl groups is 1. The largest absolute Gasteiger partial charge is 0.394 e. The molecular formula is C32H54N7O6+. The van der Waals surface area contributed by atoms with Crippen LogP contribution in [0.25, 0.3) is 0 Å². The fourth-order valence-electron chi connectivity index (χ4n) is 5.17. The number of rotatable bonds is 19. The van der Waals surface area contributed by atoms with E-state index in [0.29, 0.717) is 25.8 Å². The monoisotopic (exact) mass is 632 g/mol. The number of primary amides is 1. The number of quaternary nitrogens is 1. The molecule has 8 N–H and O–H groups in total. The molecular weight excluding hydrogens is 578 g/mol. The molecule has 1 aliphatic heterocycles. The third-order valence-corrected chi connectivity index (χ3v) is 7.68. The molecule has 1 aromatic carbocycles. The molecule has 252 valence electrons.